The quantitative estimate of drug-likeness (QED) is 0.396. The number of nitrogens with one attached hydrogen (secondary N) is 2. The van der Waals surface area contributed by atoms with Crippen molar-refractivity contribution in [2.45, 2.75) is 0 Å². The minimum Gasteiger partial charge on any atom is -0.354 e. The van der Waals surface area contributed by atoms with Crippen molar-refractivity contribution in [3.05, 3.63) is 73.5 Å². The van der Waals surface area contributed by atoms with Crippen LogP contribution in [0.2, 0.25) is 0 Å². The molecule has 1 amide bonds. The SMILES string of the molecule is CN1CCN(c2ccc(Nc3ncc4cccc(-c5cc(NC(=O)C=CF)ccn5)c4n3)cn2)CC1. The van der Waals surface area contributed by atoms with E-state index in [1.807, 2.05) is 30.3 Å². The standard InChI is InChI=1S/C26H25FN8O/c1-34-11-13-35(14-12-34)23-6-5-20(17-29-23)32-26-30-16-18-3-2-4-21(25(18)33-26)22-15-19(8-10-28-22)31-24(36)7-9-27/h2-10,15-17H,11-14H2,1H3,(H,28,31,36)(H,30,32,33). The molecule has 5 rings (SSSR count). The van der Waals surface area contributed by atoms with E-state index in [4.69, 9.17) is 4.98 Å². The van der Waals surface area contributed by atoms with E-state index in [0.29, 0.717) is 22.8 Å². The fourth-order valence-electron chi connectivity index (χ4n) is 4.03. The summed E-state index contributed by atoms with van der Waals surface area (Å²) in [5.74, 6) is 0.825. The summed E-state index contributed by atoms with van der Waals surface area (Å²) in [5.41, 5.74) is 3.38. The van der Waals surface area contributed by atoms with Crippen molar-refractivity contribution in [3.8, 4) is 11.3 Å². The van der Waals surface area contributed by atoms with E-state index in [1.54, 1.807) is 30.7 Å². The summed E-state index contributed by atoms with van der Waals surface area (Å²) < 4.78 is 12.3. The van der Waals surface area contributed by atoms with Crippen LogP contribution in [-0.2, 0) is 4.79 Å². The zero-order chi connectivity index (χ0) is 24.9. The van der Waals surface area contributed by atoms with Crippen LogP contribution in [0.1, 0.15) is 0 Å². The minimum absolute atomic E-state index is 0.197. The molecule has 1 aliphatic heterocycles. The maximum Gasteiger partial charge on any atom is 0.250 e. The number of hydrogen-bond acceptors (Lipinski definition) is 8. The maximum absolute atomic E-state index is 12.3. The van der Waals surface area contributed by atoms with Gasteiger partial charge in [0, 0.05) is 61.3 Å². The number of piperazine rings is 1. The van der Waals surface area contributed by atoms with Gasteiger partial charge in [-0.15, -0.1) is 0 Å². The molecule has 0 unspecified atom stereocenters. The van der Waals surface area contributed by atoms with Crippen molar-refractivity contribution in [3.63, 3.8) is 0 Å². The Morgan fingerprint density at radius 2 is 1.86 bits per heavy atom. The summed E-state index contributed by atoms with van der Waals surface area (Å²) in [6.45, 7) is 3.96. The Balaban J connectivity index is 1.38. The first-order valence-electron chi connectivity index (χ1n) is 11.6. The molecule has 0 bridgehead atoms. The number of amides is 1. The molecule has 1 aromatic carbocycles. The molecule has 0 saturated carbocycles. The monoisotopic (exact) mass is 484 g/mol. The second kappa shape index (κ2) is 10.4. The summed E-state index contributed by atoms with van der Waals surface area (Å²) in [5, 5.41) is 6.69. The molecule has 36 heavy (non-hydrogen) atoms. The lowest BCUT2D eigenvalue weighted by molar-refractivity contribution is -0.111. The van der Waals surface area contributed by atoms with Crippen LogP contribution < -0.4 is 15.5 Å². The number of nitrogens with zero attached hydrogens (tertiary/aromatic N) is 6. The van der Waals surface area contributed by atoms with Gasteiger partial charge in [0.1, 0.15) is 5.82 Å². The Kier molecular flexibility index (Phi) is 6.76. The predicted octanol–water partition coefficient (Wildman–Crippen LogP) is 4.00. The third kappa shape index (κ3) is 5.28. The van der Waals surface area contributed by atoms with Crippen LogP contribution in [0.25, 0.3) is 22.2 Å². The Labute approximate surface area is 207 Å². The molecule has 4 aromatic rings. The van der Waals surface area contributed by atoms with E-state index in [2.05, 4.69) is 42.4 Å². The zero-order valence-corrected chi connectivity index (χ0v) is 19.7. The van der Waals surface area contributed by atoms with Crippen LogP contribution in [0.3, 0.4) is 0 Å². The second-order valence-electron chi connectivity index (χ2n) is 8.47. The van der Waals surface area contributed by atoms with E-state index in [1.165, 1.54) is 0 Å². The number of para-hydroxylation sites is 1. The van der Waals surface area contributed by atoms with Gasteiger partial charge in [0.05, 0.1) is 29.4 Å². The summed E-state index contributed by atoms with van der Waals surface area (Å²) in [7, 11) is 2.13. The number of carbonyl (C=O) groups is 1. The van der Waals surface area contributed by atoms with E-state index in [9.17, 15) is 9.18 Å². The van der Waals surface area contributed by atoms with Gasteiger partial charge in [-0.3, -0.25) is 9.78 Å². The highest BCUT2D eigenvalue weighted by Crippen LogP contribution is 2.28. The molecular weight excluding hydrogens is 459 g/mol. The average molecular weight is 485 g/mol. The van der Waals surface area contributed by atoms with Gasteiger partial charge in [-0.1, -0.05) is 18.2 Å². The van der Waals surface area contributed by atoms with Gasteiger partial charge in [0.2, 0.25) is 5.95 Å². The molecule has 1 aliphatic rings. The maximum atomic E-state index is 12.3. The Bertz CT molecular complexity index is 1400. The van der Waals surface area contributed by atoms with Crippen LogP contribution in [-0.4, -0.2) is 64.0 Å². The van der Waals surface area contributed by atoms with Crippen molar-refractivity contribution in [1.29, 1.82) is 0 Å². The van der Waals surface area contributed by atoms with Crippen molar-refractivity contribution < 1.29 is 9.18 Å². The number of anilines is 4. The smallest absolute Gasteiger partial charge is 0.250 e. The third-order valence-electron chi connectivity index (χ3n) is 5.96. The molecule has 182 valence electrons. The normalized spacial score (nSPS) is 14.3. The molecule has 10 heteroatoms. The van der Waals surface area contributed by atoms with Gasteiger partial charge in [-0.2, -0.15) is 0 Å². The van der Waals surface area contributed by atoms with E-state index in [-0.39, 0.29) is 6.33 Å². The molecule has 9 nitrogen and oxygen atoms in total. The highest BCUT2D eigenvalue weighted by atomic mass is 19.1. The first kappa shape index (κ1) is 23.3. The first-order valence-corrected chi connectivity index (χ1v) is 11.6. The number of pyridine rings is 2. The van der Waals surface area contributed by atoms with Gasteiger partial charge in [0.25, 0.3) is 5.91 Å². The number of rotatable bonds is 6. The van der Waals surface area contributed by atoms with E-state index < -0.39 is 5.91 Å². The summed E-state index contributed by atoms with van der Waals surface area (Å²) in [6.07, 6.45) is 6.13. The number of likely N-dealkylation sites (N-methyl/N-ethyl adjacent to an activating group) is 1. The van der Waals surface area contributed by atoms with Crippen LogP contribution in [0, 0.1) is 0 Å². The van der Waals surface area contributed by atoms with Crippen LogP contribution >= 0.6 is 0 Å². The highest BCUT2D eigenvalue weighted by Gasteiger charge is 2.15. The fourth-order valence-corrected chi connectivity index (χ4v) is 4.03. The van der Waals surface area contributed by atoms with E-state index in [0.717, 1.165) is 54.7 Å². The molecule has 1 fully saturated rings. The van der Waals surface area contributed by atoms with Crippen molar-refractivity contribution in [2.75, 3.05) is 48.8 Å². The lowest BCUT2D eigenvalue weighted by Gasteiger charge is -2.33. The number of halogens is 1. The van der Waals surface area contributed by atoms with Crippen LogP contribution in [0.15, 0.2) is 73.5 Å². The lowest BCUT2D eigenvalue weighted by Crippen LogP contribution is -2.44. The van der Waals surface area contributed by atoms with Gasteiger partial charge in [0.15, 0.2) is 0 Å². The lowest BCUT2D eigenvalue weighted by atomic mass is 10.1. The number of hydrogen-bond donors (Lipinski definition) is 2. The van der Waals surface area contributed by atoms with Gasteiger partial charge in [-0.05, 0) is 31.3 Å². The first-order chi connectivity index (χ1) is 17.6. The summed E-state index contributed by atoms with van der Waals surface area (Å²) in [4.78, 5) is 34.5. The molecule has 0 radical (unpaired) electrons. The number of aromatic nitrogens is 4. The van der Waals surface area contributed by atoms with Crippen LogP contribution in [0.5, 0.6) is 0 Å². The minimum atomic E-state index is -0.561. The average Bonchev–Trinajstić information content (AvgIpc) is 2.89. The molecule has 0 atom stereocenters. The number of carbonyl (C=O) groups excluding carboxylic acids is 1. The Morgan fingerprint density at radius 3 is 2.64 bits per heavy atom. The fraction of sp³-hybridized carbons (Fsp3) is 0.192. The van der Waals surface area contributed by atoms with Crippen molar-refractivity contribution in [1.82, 2.24) is 24.8 Å². The van der Waals surface area contributed by atoms with Gasteiger partial charge >= 0.3 is 0 Å². The number of fused-ring (bicyclic) bond motifs is 1. The molecule has 1 saturated heterocycles. The Morgan fingerprint density at radius 1 is 1.00 bits per heavy atom. The number of benzene rings is 1. The second-order valence-corrected chi connectivity index (χ2v) is 8.47. The highest BCUT2D eigenvalue weighted by molar-refractivity contribution is 6.00. The summed E-state index contributed by atoms with van der Waals surface area (Å²) >= 11 is 0. The molecule has 4 heterocycles. The predicted molar refractivity (Wildman–Crippen MR) is 139 cm³/mol. The zero-order valence-electron chi connectivity index (χ0n) is 19.7. The van der Waals surface area contributed by atoms with Gasteiger partial charge in [-0.25, -0.2) is 19.3 Å². The molecule has 0 aliphatic carbocycles. The van der Waals surface area contributed by atoms with Crippen molar-refractivity contribution >= 4 is 40.0 Å². The van der Waals surface area contributed by atoms with Crippen LogP contribution in [0.4, 0.5) is 27.5 Å². The molecule has 2 N–H and O–H groups in total. The molecule has 0 spiro atoms. The molecule has 3 aromatic heterocycles. The van der Waals surface area contributed by atoms with Gasteiger partial charge < -0.3 is 20.4 Å². The third-order valence-corrected chi connectivity index (χ3v) is 5.96. The largest absolute Gasteiger partial charge is 0.354 e. The topological polar surface area (TPSA) is 99.2 Å². The Hall–Kier alpha value is -4.44. The van der Waals surface area contributed by atoms with Crippen molar-refractivity contribution in [2.24, 2.45) is 0 Å². The summed E-state index contributed by atoms with van der Waals surface area (Å²) in [6, 6.07) is 13.1. The molecular formula is C26H25FN8O. The van der Waals surface area contributed by atoms with E-state index >= 15 is 0 Å².